The van der Waals surface area contributed by atoms with E-state index in [1.54, 1.807) is 7.11 Å². The molecule has 0 aliphatic heterocycles. The first-order chi connectivity index (χ1) is 10.0. The Morgan fingerprint density at radius 3 is 2.48 bits per heavy atom. The summed E-state index contributed by atoms with van der Waals surface area (Å²) >= 11 is 0. The summed E-state index contributed by atoms with van der Waals surface area (Å²) in [5, 5.41) is 0. The summed E-state index contributed by atoms with van der Waals surface area (Å²) in [6, 6.07) is 11.7. The van der Waals surface area contributed by atoms with Crippen LogP contribution in [0.2, 0.25) is 0 Å². The van der Waals surface area contributed by atoms with Crippen molar-refractivity contribution in [1.82, 2.24) is 4.98 Å². The van der Waals surface area contributed by atoms with Crippen molar-refractivity contribution >= 4 is 17.0 Å². The lowest BCUT2D eigenvalue weighted by molar-refractivity contribution is 0.414. The highest BCUT2D eigenvalue weighted by atomic mass is 16.5. The Morgan fingerprint density at radius 1 is 1.14 bits per heavy atom. The zero-order valence-electron chi connectivity index (χ0n) is 13.0. The predicted molar refractivity (Wildman–Crippen MR) is 88.5 cm³/mol. The molecular weight excluding hydrogens is 260 g/mol. The van der Waals surface area contributed by atoms with E-state index in [1.165, 1.54) is 0 Å². The number of methoxy groups -OCH3 is 1. The van der Waals surface area contributed by atoms with Crippen molar-refractivity contribution in [2.45, 2.75) is 20.8 Å². The maximum atomic E-state index is 5.21. The minimum absolute atomic E-state index is 0.839. The lowest BCUT2D eigenvalue weighted by atomic mass is 10.1. The molecule has 1 aromatic heterocycles. The standard InChI is InChI=1S/C18H20N2O/c1-12(2)16-7-6-8-18(20-16)14(4)19-17-10-9-15(21-5)11-13(17)3/h6-11H,1H2,2-5H3. The van der Waals surface area contributed by atoms with Crippen molar-refractivity contribution < 1.29 is 4.74 Å². The summed E-state index contributed by atoms with van der Waals surface area (Å²) in [7, 11) is 1.66. The zero-order valence-corrected chi connectivity index (χ0v) is 13.0. The van der Waals surface area contributed by atoms with Crippen LogP contribution in [0.5, 0.6) is 5.75 Å². The number of aliphatic imine (C=N–C) groups is 1. The minimum Gasteiger partial charge on any atom is -0.497 e. The van der Waals surface area contributed by atoms with Crippen LogP contribution in [0.3, 0.4) is 0 Å². The molecule has 108 valence electrons. The van der Waals surface area contributed by atoms with Gasteiger partial charge in [0.15, 0.2) is 0 Å². The summed E-state index contributed by atoms with van der Waals surface area (Å²) in [4.78, 5) is 9.25. The molecular formula is C18H20N2O. The number of allylic oxidation sites excluding steroid dienone is 1. The third-order valence-corrected chi connectivity index (χ3v) is 3.25. The van der Waals surface area contributed by atoms with Crippen molar-refractivity contribution in [3.8, 4) is 5.75 Å². The summed E-state index contributed by atoms with van der Waals surface area (Å²) in [5.74, 6) is 0.839. The quantitative estimate of drug-likeness (QED) is 0.769. The van der Waals surface area contributed by atoms with Gasteiger partial charge in [0.25, 0.3) is 0 Å². The fraction of sp³-hybridized carbons (Fsp3) is 0.222. The number of rotatable bonds is 4. The van der Waals surface area contributed by atoms with E-state index in [2.05, 4.69) is 16.6 Å². The molecule has 3 nitrogen and oxygen atoms in total. The minimum atomic E-state index is 0.839. The molecule has 0 radical (unpaired) electrons. The van der Waals surface area contributed by atoms with Crippen LogP contribution < -0.4 is 4.74 Å². The van der Waals surface area contributed by atoms with Crippen molar-refractivity contribution in [3.05, 3.63) is 59.9 Å². The second kappa shape index (κ2) is 6.35. The Hall–Kier alpha value is -2.42. The van der Waals surface area contributed by atoms with Crippen LogP contribution in [0.1, 0.15) is 30.8 Å². The van der Waals surface area contributed by atoms with Gasteiger partial charge in [-0.15, -0.1) is 0 Å². The summed E-state index contributed by atoms with van der Waals surface area (Å²) in [5.41, 5.74) is 5.59. The van der Waals surface area contributed by atoms with Gasteiger partial charge in [-0.05, 0) is 62.2 Å². The van der Waals surface area contributed by atoms with Gasteiger partial charge in [-0.25, -0.2) is 4.98 Å². The molecule has 0 bridgehead atoms. The Labute approximate surface area is 126 Å². The fourth-order valence-electron chi connectivity index (χ4n) is 1.99. The van der Waals surface area contributed by atoms with Gasteiger partial charge >= 0.3 is 0 Å². The Morgan fingerprint density at radius 2 is 1.86 bits per heavy atom. The fourth-order valence-corrected chi connectivity index (χ4v) is 1.99. The summed E-state index contributed by atoms with van der Waals surface area (Å²) < 4.78 is 5.21. The molecule has 0 N–H and O–H groups in total. The first-order valence-corrected chi connectivity index (χ1v) is 6.84. The molecule has 0 saturated carbocycles. The monoisotopic (exact) mass is 280 g/mol. The van der Waals surface area contributed by atoms with E-state index in [0.29, 0.717) is 0 Å². The van der Waals surface area contributed by atoms with Gasteiger partial charge in [0.2, 0.25) is 0 Å². The number of pyridine rings is 1. The molecule has 1 heterocycles. The van der Waals surface area contributed by atoms with Gasteiger partial charge in [0, 0.05) is 0 Å². The molecule has 0 saturated heterocycles. The average Bonchev–Trinajstić information content (AvgIpc) is 2.49. The second-order valence-electron chi connectivity index (χ2n) is 5.04. The Balaban J connectivity index is 2.37. The van der Waals surface area contributed by atoms with E-state index in [9.17, 15) is 0 Å². The van der Waals surface area contributed by atoms with Gasteiger partial charge in [0.05, 0.1) is 29.9 Å². The molecule has 0 aliphatic rings. The normalized spacial score (nSPS) is 11.3. The van der Waals surface area contributed by atoms with Gasteiger partial charge in [0.1, 0.15) is 5.75 Å². The van der Waals surface area contributed by atoms with Crippen LogP contribution >= 0.6 is 0 Å². The smallest absolute Gasteiger partial charge is 0.119 e. The van der Waals surface area contributed by atoms with E-state index >= 15 is 0 Å². The van der Waals surface area contributed by atoms with Crippen LogP contribution in [0.4, 0.5) is 5.69 Å². The highest BCUT2D eigenvalue weighted by molar-refractivity contribution is 5.99. The molecule has 3 heteroatoms. The van der Waals surface area contributed by atoms with Crippen molar-refractivity contribution in [3.63, 3.8) is 0 Å². The zero-order chi connectivity index (χ0) is 15.4. The Bertz CT molecular complexity index is 702. The molecule has 2 aromatic rings. The van der Waals surface area contributed by atoms with Crippen molar-refractivity contribution in [2.24, 2.45) is 4.99 Å². The molecule has 0 fully saturated rings. The van der Waals surface area contributed by atoms with Gasteiger partial charge < -0.3 is 4.74 Å². The van der Waals surface area contributed by atoms with E-state index < -0.39 is 0 Å². The molecule has 0 amide bonds. The van der Waals surface area contributed by atoms with E-state index in [0.717, 1.165) is 39.7 Å². The van der Waals surface area contributed by atoms with Crippen LogP contribution in [-0.2, 0) is 0 Å². The van der Waals surface area contributed by atoms with Crippen molar-refractivity contribution in [1.29, 1.82) is 0 Å². The molecule has 0 unspecified atom stereocenters. The number of aromatic nitrogens is 1. The Kier molecular flexibility index (Phi) is 4.53. The van der Waals surface area contributed by atoms with E-state index in [4.69, 9.17) is 4.74 Å². The SMILES string of the molecule is C=C(C)c1cccc(C(C)=Nc2ccc(OC)cc2C)n1. The summed E-state index contributed by atoms with van der Waals surface area (Å²) in [6.07, 6.45) is 0. The third kappa shape index (κ3) is 3.57. The maximum absolute atomic E-state index is 5.21. The molecule has 21 heavy (non-hydrogen) atoms. The van der Waals surface area contributed by atoms with E-state index in [1.807, 2.05) is 57.2 Å². The lowest BCUT2D eigenvalue weighted by Crippen LogP contribution is -2.00. The molecule has 0 spiro atoms. The maximum Gasteiger partial charge on any atom is 0.119 e. The molecule has 0 aliphatic carbocycles. The van der Waals surface area contributed by atoms with Crippen LogP contribution in [0.25, 0.3) is 5.57 Å². The predicted octanol–water partition coefficient (Wildman–Crippen LogP) is 4.57. The largest absolute Gasteiger partial charge is 0.497 e. The number of hydrogen-bond acceptors (Lipinski definition) is 3. The first kappa shape index (κ1) is 15.0. The number of aryl methyl sites for hydroxylation is 1. The van der Waals surface area contributed by atoms with Crippen LogP contribution in [0.15, 0.2) is 48.0 Å². The lowest BCUT2D eigenvalue weighted by Gasteiger charge is -2.07. The highest BCUT2D eigenvalue weighted by Crippen LogP contribution is 2.24. The molecule has 2 rings (SSSR count). The summed E-state index contributed by atoms with van der Waals surface area (Å²) in [6.45, 7) is 9.86. The van der Waals surface area contributed by atoms with E-state index in [-0.39, 0.29) is 0 Å². The first-order valence-electron chi connectivity index (χ1n) is 6.84. The second-order valence-corrected chi connectivity index (χ2v) is 5.04. The van der Waals surface area contributed by atoms with Crippen molar-refractivity contribution in [2.75, 3.05) is 7.11 Å². The number of hydrogen-bond donors (Lipinski definition) is 0. The number of ether oxygens (including phenoxy) is 1. The topological polar surface area (TPSA) is 34.5 Å². The van der Waals surface area contributed by atoms with Gasteiger partial charge in [-0.2, -0.15) is 0 Å². The van der Waals surface area contributed by atoms with Crippen LogP contribution in [-0.4, -0.2) is 17.8 Å². The van der Waals surface area contributed by atoms with Gasteiger partial charge in [-0.3, -0.25) is 4.99 Å². The average molecular weight is 280 g/mol. The number of nitrogens with zero attached hydrogens (tertiary/aromatic N) is 2. The molecule has 1 aromatic carbocycles. The third-order valence-electron chi connectivity index (χ3n) is 3.25. The molecule has 0 atom stereocenters. The van der Waals surface area contributed by atoms with Gasteiger partial charge in [-0.1, -0.05) is 12.6 Å². The van der Waals surface area contributed by atoms with Crippen LogP contribution in [0, 0.1) is 6.92 Å². The highest BCUT2D eigenvalue weighted by Gasteiger charge is 2.04. The number of benzene rings is 1.